The summed E-state index contributed by atoms with van der Waals surface area (Å²) in [5.41, 5.74) is 0.844. The van der Waals surface area contributed by atoms with Gasteiger partial charge < -0.3 is 10.4 Å². The molecule has 1 aliphatic rings. The van der Waals surface area contributed by atoms with Crippen LogP contribution in [0.1, 0.15) is 26.2 Å². The molecular weight excluding hydrogens is 302 g/mol. The molecule has 1 aliphatic carbocycles. The minimum Gasteiger partial charge on any atom is -0.394 e. The van der Waals surface area contributed by atoms with Crippen molar-refractivity contribution in [3.8, 4) is 0 Å². The van der Waals surface area contributed by atoms with Crippen molar-refractivity contribution in [1.82, 2.24) is 0 Å². The van der Waals surface area contributed by atoms with E-state index in [0.29, 0.717) is 10.9 Å². The number of rotatable bonds is 3. The van der Waals surface area contributed by atoms with E-state index in [0.717, 1.165) is 23.0 Å². The number of hydrogen-bond acceptors (Lipinski definition) is 2. The van der Waals surface area contributed by atoms with Crippen molar-refractivity contribution < 1.29 is 5.11 Å². The SMILES string of the molecule is CC1CCC(CO)(Nc2ccc(Cl)c(Br)c2)C1. The van der Waals surface area contributed by atoms with Crippen LogP contribution in [0.2, 0.25) is 5.02 Å². The molecule has 0 spiro atoms. The lowest BCUT2D eigenvalue weighted by molar-refractivity contribution is 0.211. The van der Waals surface area contributed by atoms with Gasteiger partial charge in [-0.1, -0.05) is 18.5 Å². The molecule has 0 aromatic heterocycles. The molecule has 1 aromatic carbocycles. The van der Waals surface area contributed by atoms with Crippen molar-refractivity contribution in [3.05, 3.63) is 27.7 Å². The van der Waals surface area contributed by atoms with E-state index in [1.54, 1.807) is 0 Å². The molecule has 0 saturated heterocycles. The normalized spacial score (nSPS) is 28.4. The highest BCUT2D eigenvalue weighted by atomic mass is 79.9. The number of benzene rings is 1. The van der Waals surface area contributed by atoms with Crippen LogP contribution in [-0.4, -0.2) is 17.3 Å². The summed E-state index contributed by atoms with van der Waals surface area (Å²) < 4.78 is 0.878. The Labute approximate surface area is 115 Å². The van der Waals surface area contributed by atoms with Crippen LogP contribution in [0, 0.1) is 5.92 Å². The van der Waals surface area contributed by atoms with Gasteiger partial charge in [-0.2, -0.15) is 0 Å². The van der Waals surface area contributed by atoms with E-state index in [-0.39, 0.29) is 12.1 Å². The van der Waals surface area contributed by atoms with E-state index < -0.39 is 0 Å². The summed E-state index contributed by atoms with van der Waals surface area (Å²) in [6, 6.07) is 5.77. The van der Waals surface area contributed by atoms with Crippen molar-refractivity contribution >= 4 is 33.2 Å². The summed E-state index contributed by atoms with van der Waals surface area (Å²) in [7, 11) is 0. The van der Waals surface area contributed by atoms with Crippen LogP contribution in [0.25, 0.3) is 0 Å². The lowest BCUT2D eigenvalue weighted by Gasteiger charge is -2.30. The molecule has 2 rings (SSSR count). The quantitative estimate of drug-likeness (QED) is 0.880. The zero-order valence-electron chi connectivity index (χ0n) is 9.84. The van der Waals surface area contributed by atoms with E-state index in [1.807, 2.05) is 18.2 Å². The topological polar surface area (TPSA) is 32.3 Å². The third kappa shape index (κ3) is 2.95. The fourth-order valence-corrected chi connectivity index (χ4v) is 3.07. The van der Waals surface area contributed by atoms with E-state index in [2.05, 4.69) is 28.2 Å². The Balaban J connectivity index is 2.16. The summed E-state index contributed by atoms with van der Waals surface area (Å²) in [5.74, 6) is 0.672. The predicted molar refractivity (Wildman–Crippen MR) is 75.6 cm³/mol. The summed E-state index contributed by atoms with van der Waals surface area (Å²) in [6.07, 6.45) is 3.21. The van der Waals surface area contributed by atoms with Crippen LogP contribution in [0.3, 0.4) is 0 Å². The van der Waals surface area contributed by atoms with Gasteiger partial charge in [0.05, 0.1) is 17.2 Å². The number of halogens is 2. The molecule has 1 fully saturated rings. The number of anilines is 1. The Morgan fingerprint density at radius 2 is 2.35 bits per heavy atom. The smallest absolute Gasteiger partial charge is 0.0661 e. The third-order valence-electron chi connectivity index (χ3n) is 3.49. The second-order valence-electron chi connectivity index (χ2n) is 5.04. The molecular formula is C13H17BrClNO. The highest BCUT2D eigenvalue weighted by molar-refractivity contribution is 9.10. The molecule has 4 heteroatoms. The van der Waals surface area contributed by atoms with Crippen molar-refractivity contribution in [2.24, 2.45) is 5.92 Å². The van der Waals surface area contributed by atoms with Gasteiger partial charge in [-0.05, 0) is 59.3 Å². The first kappa shape index (κ1) is 13.2. The van der Waals surface area contributed by atoms with Gasteiger partial charge in [0.2, 0.25) is 0 Å². The Morgan fingerprint density at radius 3 is 2.88 bits per heavy atom. The monoisotopic (exact) mass is 317 g/mol. The van der Waals surface area contributed by atoms with Gasteiger partial charge in [-0.3, -0.25) is 0 Å². The summed E-state index contributed by atoms with van der Waals surface area (Å²) >= 11 is 9.38. The Bertz CT molecular complexity index is 412. The van der Waals surface area contributed by atoms with Gasteiger partial charge in [0.1, 0.15) is 0 Å². The molecule has 1 saturated carbocycles. The van der Waals surface area contributed by atoms with E-state index in [1.165, 1.54) is 6.42 Å². The number of nitrogens with one attached hydrogen (secondary N) is 1. The molecule has 0 heterocycles. The molecule has 1 aromatic rings. The van der Waals surface area contributed by atoms with Gasteiger partial charge in [0.25, 0.3) is 0 Å². The zero-order valence-corrected chi connectivity index (χ0v) is 12.2. The summed E-state index contributed by atoms with van der Waals surface area (Å²) in [5, 5.41) is 13.8. The maximum absolute atomic E-state index is 9.62. The maximum atomic E-state index is 9.62. The predicted octanol–water partition coefficient (Wildman–Crippen LogP) is 4.07. The van der Waals surface area contributed by atoms with Gasteiger partial charge in [0, 0.05) is 10.2 Å². The van der Waals surface area contributed by atoms with Crippen molar-refractivity contribution in [1.29, 1.82) is 0 Å². The average molecular weight is 319 g/mol. The van der Waals surface area contributed by atoms with E-state index >= 15 is 0 Å². The molecule has 0 amide bonds. The van der Waals surface area contributed by atoms with Crippen LogP contribution in [0.5, 0.6) is 0 Å². The van der Waals surface area contributed by atoms with Crippen LogP contribution in [-0.2, 0) is 0 Å². The minimum atomic E-state index is -0.160. The zero-order chi connectivity index (χ0) is 12.5. The van der Waals surface area contributed by atoms with Crippen LogP contribution in [0.15, 0.2) is 22.7 Å². The van der Waals surface area contributed by atoms with Gasteiger partial charge in [-0.15, -0.1) is 0 Å². The molecule has 2 atom stereocenters. The molecule has 2 nitrogen and oxygen atoms in total. The molecule has 0 bridgehead atoms. The van der Waals surface area contributed by atoms with Crippen molar-refractivity contribution in [2.45, 2.75) is 31.7 Å². The van der Waals surface area contributed by atoms with Crippen LogP contribution >= 0.6 is 27.5 Å². The number of aliphatic hydroxyl groups is 1. The molecule has 94 valence electrons. The van der Waals surface area contributed by atoms with Gasteiger partial charge >= 0.3 is 0 Å². The number of aliphatic hydroxyl groups excluding tert-OH is 1. The van der Waals surface area contributed by atoms with Crippen molar-refractivity contribution in [2.75, 3.05) is 11.9 Å². The first-order valence-electron chi connectivity index (χ1n) is 5.89. The lowest BCUT2D eigenvalue weighted by atomic mass is 9.97. The molecule has 17 heavy (non-hydrogen) atoms. The average Bonchev–Trinajstić information content (AvgIpc) is 2.66. The van der Waals surface area contributed by atoms with E-state index in [4.69, 9.17) is 11.6 Å². The van der Waals surface area contributed by atoms with E-state index in [9.17, 15) is 5.11 Å². The molecule has 2 unspecified atom stereocenters. The van der Waals surface area contributed by atoms with Crippen molar-refractivity contribution in [3.63, 3.8) is 0 Å². The minimum absolute atomic E-state index is 0.160. The molecule has 2 N–H and O–H groups in total. The Hall–Kier alpha value is -0.250. The second-order valence-corrected chi connectivity index (χ2v) is 6.30. The maximum Gasteiger partial charge on any atom is 0.0661 e. The van der Waals surface area contributed by atoms with Crippen LogP contribution in [0.4, 0.5) is 5.69 Å². The molecule has 0 aliphatic heterocycles. The fourth-order valence-electron chi connectivity index (χ4n) is 2.57. The summed E-state index contributed by atoms with van der Waals surface area (Å²) in [6.45, 7) is 2.41. The summed E-state index contributed by atoms with van der Waals surface area (Å²) in [4.78, 5) is 0. The first-order chi connectivity index (χ1) is 8.04. The Morgan fingerprint density at radius 1 is 1.59 bits per heavy atom. The second kappa shape index (κ2) is 5.17. The highest BCUT2D eigenvalue weighted by Gasteiger charge is 2.36. The largest absolute Gasteiger partial charge is 0.394 e. The lowest BCUT2D eigenvalue weighted by Crippen LogP contribution is -2.39. The highest BCUT2D eigenvalue weighted by Crippen LogP contribution is 2.37. The van der Waals surface area contributed by atoms with Crippen LogP contribution < -0.4 is 5.32 Å². The van der Waals surface area contributed by atoms with Gasteiger partial charge in [0.15, 0.2) is 0 Å². The fraction of sp³-hybridized carbons (Fsp3) is 0.538. The first-order valence-corrected chi connectivity index (χ1v) is 7.06. The van der Waals surface area contributed by atoms with Gasteiger partial charge in [-0.25, -0.2) is 0 Å². The third-order valence-corrected chi connectivity index (χ3v) is 4.70. The Kier molecular flexibility index (Phi) is 4.01. The number of hydrogen-bond donors (Lipinski definition) is 2. The molecule has 0 radical (unpaired) electrons. The standard InChI is InChI=1S/C13H17BrClNO/c1-9-4-5-13(7-9,8-17)16-10-2-3-12(15)11(14)6-10/h2-3,6,9,16-17H,4-5,7-8H2,1H3.